The first-order valence-corrected chi connectivity index (χ1v) is 33.0. The normalized spacial score (nSPS) is 13.6. The Labute approximate surface area is 574 Å². The smallest absolute Gasteiger partial charge is 0.341 e. The summed E-state index contributed by atoms with van der Waals surface area (Å²) in [5.74, 6) is -11.5. The van der Waals surface area contributed by atoms with Crippen LogP contribution in [-0.4, -0.2) is 153 Å². The van der Waals surface area contributed by atoms with E-state index in [1.54, 1.807) is 114 Å². The highest BCUT2D eigenvalue weighted by Crippen LogP contribution is 2.23. The molecule has 1 heterocycles. The average Bonchev–Trinajstić information content (AvgIpc) is 1.71. The van der Waals surface area contributed by atoms with Gasteiger partial charge in [-0.2, -0.15) is 0 Å². The number of aromatic nitrogens is 1. The number of Topliss-reactive ketones (excluding diaryl/α,β-unsaturated/α-hetero) is 1. The van der Waals surface area contributed by atoms with Gasteiger partial charge in [0.05, 0.1) is 12.5 Å². The van der Waals surface area contributed by atoms with Crippen molar-refractivity contribution < 1.29 is 77.6 Å². The first-order valence-electron chi connectivity index (χ1n) is 33.0. The van der Waals surface area contributed by atoms with Crippen molar-refractivity contribution in [1.29, 1.82) is 0 Å². The van der Waals surface area contributed by atoms with E-state index in [-0.39, 0.29) is 81.8 Å². The number of hydrogen-bond donors (Lipinski definition) is 13. The zero-order chi connectivity index (χ0) is 72.3. The second-order valence-electron chi connectivity index (χ2n) is 25.1. The Morgan fingerprint density at radius 3 is 1.47 bits per heavy atom. The molecular weight excluding hydrogens is 1270 g/mol. The molecule has 0 bridgehead atoms. The summed E-state index contributed by atoms with van der Waals surface area (Å²) in [6.07, 6.45) is 0.392. The monoisotopic (exact) mass is 1360 g/mol. The summed E-state index contributed by atoms with van der Waals surface area (Å²) in [5, 5.41) is 51.0. The van der Waals surface area contributed by atoms with Crippen LogP contribution in [-0.2, 0) is 89.6 Å². The van der Waals surface area contributed by atoms with E-state index in [9.17, 15) is 63.0 Å². The molecule has 99 heavy (non-hydrogen) atoms. The number of carbonyl (C=O) groups is 12. The molecule has 14 N–H and O–H groups in total. The standard InChI is InChI=1S/C73H90N10O16/c1-7-62(85)76-57(35-48-25-30-52(31-26-48)99-41-65(90)91)68(93)79-58(36-46-21-19-45(20-22-46)27-32-63(86)87)69(94)82-61(39-64(88)89)71(96)81-60(38-51-40-75-55-17-12-11-16-53(51)55)70(95)78-56(34-42(2)3)67(92)80-59(37-47-23-28-50(29-24-47)49-14-9-8-10-15-49)72(97)83-66(43(4)5)73(98)77-54(44(6)84)18-13-33-74/h8-12,14-17,19-26,28-31,40,42-43,54,56-61,66,75H,7,13,18,27,32-39,41,74H2,1-6H3,(H,76,85)(H,77,98)(H,78,95)(H,79,93)(H,80,92)(H,81,96)(H,82,94)(H,83,97)(H,86,87)(H,88,89)(H,90,91)/t54-,56-,57-,58-,59-,60-,61-,66-/m0/s1. The summed E-state index contributed by atoms with van der Waals surface area (Å²) < 4.78 is 5.24. The lowest BCUT2D eigenvalue weighted by molar-refractivity contribution is -0.141. The number of nitrogens with two attached hydrogens (primary N) is 1. The molecule has 0 aliphatic rings. The number of carboxylic acids is 3. The average molecular weight is 1360 g/mol. The van der Waals surface area contributed by atoms with Gasteiger partial charge in [0.1, 0.15) is 48.0 Å². The summed E-state index contributed by atoms with van der Waals surface area (Å²) in [4.78, 5) is 167. The van der Waals surface area contributed by atoms with Crippen LogP contribution < -0.4 is 53.0 Å². The third-order valence-electron chi connectivity index (χ3n) is 16.4. The van der Waals surface area contributed by atoms with Crippen molar-refractivity contribution in [2.75, 3.05) is 13.2 Å². The molecule has 1 aromatic heterocycles. The summed E-state index contributed by atoms with van der Waals surface area (Å²) in [6.45, 7) is 9.55. The fourth-order valence-electron chi connectivity index (χ4n) is 11.0. The molecule has 8 atom stereocenters. The molecule has 0 aliphatic heterocycles. The second-order valence-corrected chi connectivity index (χ2v) is 25.1. The van der Waals surface area contributed by atoms with Crippen LogP contribution >= 0.6 is 0 Å². The van der Waals surface area contributed by atoms with Gasteiger partial charge in [0.2, 0.25) is 47.3 Å². The summed E-state index contributed by atoms with van der Waals surface area (Å²) in [6, 6.07) is 25.1. The molecule has 8 amide bonds. The molecule has 0 saturated heterocycles. The number of benzene rings is 5. The minimum Gasteiger partial charge on any atom is -0.482 e. The zero-order valence-electron chi connectivity index (χ0n) is 56.4. The van der Waals surface area contributed by atoms with Gasteiger partial charge in [0.25, 0.3) is 0 Å². The molecule has 528 valence electrons. The largest absolute Gasteiger partial charge is 0.482 e. The number of fused-ring (bicyclic) bond motifs is 1. The van der Waals surface area contributed by atoms with Gasteiger partial charge < -0.3 is 73.3 Å². The van der Waals surface area contributed by atoms with Gasteiger partial charge in [-0.25, -0.2) is 4.79 Å². The minimum absolute atomic E-state index is 0.0214. The topological polar surface area (TPSA) is 413 Å². The lowest BCUT2D eigenvalue weighted by atomic mass is 9.97. The van der Waals surface area contributed by atoms with Crippen molar-refractivity contribution in [1.82, 2.24) is 47.5 Å². The Kier molecular flexibility index (Phi) is 29.8. The lowest BCUT2D eigenvalue weighted by Crippen LogP contribution is -2.61. The molecule has 6 aromatic rings. The molecule has 0 radical (unpaired) electrons. The summed E-state index contributed by atoms with van der Waals surface area (Å²) in [5.41, 5.74) is 10.9. The first kappa shape index (κ1) is 77.2. The number of aromatic amines is 1. The van der Waals surface area contributed by atoms with E-state index in [0.29, 0.717) is 45.1 Å². The minimum atomic E-state index is -1.95. The first-order chi connectivity index (χ1) is 47.2. The van der Waals surface area contributed by atoms with Gasteiger partial charge in [0, 0.05) is 55.6 Å². The second kappa shape index (κ2) is 38.3. The maximum absolute atomic E-state index is 15.1. The zero-order valence-corrected chi connectivity index (χ0v) is 56.4. The number of rotatable bonds is 40. The summed E-state index contributed by atoms with van der Waals surface area (Å²) in [7, 11) is 0. The number of nitrogens with one attached hydrogen (secondary N) is 9. The maximum atomic E-state index is 15.1. The third-order valence-corrected chi connectivity index (χ3v) is 16.4. The van der Waals surface area contributed by atoms with E-state index in [4.69, 9.17) is 15.6 Å². The van der Waals surface area contributed by atoms with E-state index in [0.717, 1.165) is 11.1 Å². The number of H-pyrrole nitrogens is 1. The van der Waals surface area contributed by atoms with Crippen molar-refractivity contribution >= 4 is 81.9 Å². The number of ketones is 1. The fourth-order valence-corrected chi connectivity index (χ4v) is 11.0. The van der Waals surface area contributed by atoms with Gasteiger partial charge in [0.15, 0.2) is 12.4 Å². The number of hydrogen-bond acceptors (Lipinski definition) is 14. The third kappa shape index (κ3) is 25.0. The number of carboxylic acid groups (broad SMARTS) is 3. The van der Waals surface area contributed by atoms with Crippen LogP contribution in [0.2, 0.25) is 0 Å². The van der Waals surface area contributed by atoms with Crippen LogP contribution in [0.3, 0.4) is 0 Å². The van der Waals surface area contributed by atoms with Crippen molar-refractivity contribution in [2.24, 2.45) is 17.6 Å². The van der Waals surface area contributed by atoms with E-state index in [2.05, 4.69) is 47.5 Å². The number of amides is 8. The Morgan fingerprint density at radius 2 is 0.949 bits per heavy atom. The highest BCUT2D eigenvalue weighted by atomic mass is 16.5. The number of carbonyl (C=O) groups excluding carboxylic acids is 9. The van der Waals surface area contributed by atoms with Crippen LogP contribution in [0.25, 0.3) is 22.0 Å². The number of aryl methyl sites for hydroxylation is 1. The Bertz CT molecular complexity index is 3770. The number of para-hydroxylation sites is 1. The van der Waals surface area contributed by atoms with Crippen LogP contribution in [0.1, 0.15) is 108 Å². The van der Waals surface area contributed by atoms with Gasteiger partial charge in [-0.05, 0) is 108 Å². The number of ether oxygens (including phenoxy) is 1. The molecule has 26 heteroatoms. The predicted molar refractivity (Wildman–Crippen MR) is 368 cm³/mol. The van der Waals surface area contributed by atoms with Crippen LogP contribution in [0.5, 0.6) is 5.75 Å². The molecule has 0 saturated carbocycles. The van der Waals surface area contributed by atoms with Gasteiger partial charge in [-0.15, -0.1) is 0 Å². The SMILES string of the molecule is CCC(=O)N[C@@H](Cc1ccc(OCC(=O)O)cc1)C(=O)N[C@@H](Cc1ccc(CCC(=O)O)cc1)C(=O)N[C@@H](CC(=O)O)C(=O)N[C@@H](Cc1c[nH]c2ccccc12)C(=O)N[C@@H](CC(C)C)C(=O)N[C@@H](Cc1ccc(-c2ccccc2)cc1)C(=O)N[C@H](C(=O)N[C@@H](CCCN)C(C)=O)C(C)C. The Hall–Kier alpha value is -10.8. The quantitative estimate of drug-likeness (QED) is 0.0254. The molecule has 0 aliphatic carbocycles. The van der Waals surface area contributed by atoms with Crippen molar-refractivity contribution in [2.45, 2.75) is 161 Å². The van der Waals surface area contributed by atoms with Crippen molar-refractivity contribution in [3.63, 3.8) is 0 Å². The highest BCUT2D eigenvalue weighted by Gasteiger charge is 2.37. The fraction of sp³-hybridized carbons (Fsp3) is 0.397. The van der Waals surface area contributed by atoms with Gasteiger partial charge in [-0.3, -0.25) is 52.7 Å². The van der Waals surface area contributed by atoms with Crippen molar-refractivity contribution in [3.05, 3.63) is 161 Å². The molecular formula is C73H90N10O16. The van der Waals surface area contributed by atoms with Crippen LogP contribution in [0, 0.1) is 11.8 Å². The van der Waals surface area contributed by atoms with Crippen molar-refractivity contribution in [3.8, 4) is 16.9 Å². The molecule has 5 aromatic carbocycles. The van der Waals surface area contributed by atoms with Crippen LogP contribution in [0.15, 0.2) is 134 Å². The molecule has 0 spiro atoms. The molecule has 26 nitrogen and oxygen atoms in total. The Balaban J connectivity index is 1.32. The molecule has 0 unspecified atom stereocenters. The van der Waals surface area contributed by atoms with E-state index < -0.39 is 132 Å². The summed E-state index contributed by atoms with van der Waals surface area (Å²) >= 11 is 0. The van der Waals surface area contributed by atoms with Crippen LogP contribution in [0.4, 0.5) is 0 Å². The molecule has 0 fully saturated rings. The van der Waals surface area contributed by atoms with Gasteiger partial charge in [-0.1, -0.05) is 144 Å². The predicted octanol–water partition coefficient (Wildman–Crippen LogP) is 4.38. The molecule has 6 rings (SSSR count). The van der Waals surface area contributed by atoms with Gasteiger partial charge >= 0.3 is 17.9 Å². The highest BCUT2D eigenvalue weighted by molar-refractivity contribution is 5.99. The van der Waals surface area contributed by atoms with E-state index >= 15 is 4.79 Å². The Morgan fingerprint density at radius 1 is 0.485 bits per heavy atom. The maximum Gasteiger partial charge on any atom is 0.341 e. The lowest BCUT2D eigenvalue weighted by Gasteiger charge is -2.29. The van der Waals surface area contributed by atoms with E-state index in [1.807, 2.05) is 42.5 Å². The number of aliphatic carboxylic acids is 3. The van der Waals surface area contributed by atoms with E-state index in [1.165, 1.54) is 19.1 Å².